The highest BCUT2D eigenvalue weighted by Gasteiger charge is 2.36. The molecule has 66 valence electrons. The van der Waals surface area contributed by atoms with Crippen molar-refractivity contribution in [1.82, 2.24) is 0 Å². The Kier molecular flexibility index (Phi) is 2.55. The highest BCUT2D eigenvalue weighted by molar-refractivity contribution is 14.1. The maximum Gasteiger partial charge on any atom is 0.164 e. The fourth-order valence-corrected chi connectivity index (χ4v) is 2.68. The molecule has 1 fully saturated rings. The molecular weight excluding hydrogens is 275 g/mol. The zero-order valence-corrected chi connectivity index (χ0v) is 9.78. The molecule has 0 aromatic carbocycles. The standard InChI is InChI=1S/C7H13IO2S/c1-7(2,8)11(9,10)5-6-3-4-6/h6H,3-5H2,1-2H3. The first-order valence-electron chi connectivity index (χ1n) is 3.74. The number of rotatable bonds is 3. The van der Waals surface area contributed by atoms with Crippen LogP contribution in [0, 0.1) is 5.92 Å². The van der Waals surface area contributed by atoms with Gasteiger partial charge in [-0.2, -0.15) is 0 Å². The van der Waals surface area contributed by atoms with E-state index in [1.807, 2.05) is 22.6 Å². The number of halogens is 1. The van der Waals surface area contributed by atoms with E-state index < -0.39 is 12.6 Å². The predicted octanol–water partition coefficient (Wildman–Crippen LogP) is 1.98. The molecule has 0 aliphatic heterocycles. The molecule has 0 aromatic rings. The molecule has 0 atom stereocenters. The zero-order chi connectivity index (χ0) is 8.70. The average molecular weight is 288 g/mol. The van der Waals surface area contributed by atoms with Gasteiger partial charge in [0.2, 0.25) is 0 Å². The maximum atomic E-state index is 11.5. The molecule has 1 aliphatic rings. The summed E-state index contributed by atoms with van der Waals surface area (Å²) in [5.74, 6) is 0.859. The summed E-state index contributed by atoms with van der Waals surface area (Å²) in [6.07, 6.45) is 2.21. The molecule has 0 amide bonds. The molecule has 0 spiro atoms. The van der Waals surface area contributed by atoms with Gasteiger partial charge in [-0.05, 0) is 32.6 Å². The highest BCUT2D eigenvalue weighted by atomic mass is 127. The molecule has 11 heavy (non-hydrogen) atoms. The minimum Gasteiger partial charge on any atom is -0.227 e. The first-order valence-corrected chi connectivity index (χ1v) is 6.47. The third kappa shape index (κ3) is 2.57. The van der Waals surface area contributed by atoms with Gasteiger partial charge in [-0.25, -0.2) is 8.42 Å². The molecular formula is C7H13IO2S. The molecule has 1 saturated carbocycles. The van der Waals surface area contributed by atoms with Crippen LogP contribution in [0.15, 0.2) is 0 Å². The number of alkyl halides is 1. The number of hydrogen-bond donors (Lipinski definition) is 0. The minimum atomic E-state index is -2.85. The molecule has 0 radical (unpaired) electrons. The fraction of sp³-hybridized carbons (Fsp3) is 1.00. The van der Waals surface area contributed by atoms with Crippen molar-refractivity contribution in [2.24, 2.45) is 5.92 Å². The van der Waals surface area contributed by atoms with Crippen LogP contribution in [0.2, 0.25) is 0 Å². The molecule has 0 heterocycles. The molecule has 1 rings (SSSR count). The lowest BCUT2D eigenvalue weighted by atomic mass is 10.5. The Morgan fingerprint density at radius 1 is 1.45 bits per heavy atom. The molecule has 0 N–H and O–H groups in total. The van der Waals surface area contributed by atoms with E-state index in [4.69, 9.17) is 0 Å². The van der Waals surface area contributed by atoms with Crippen molar-refractivity contribution in [3.8, 4) is 0 Å². The largest absolute Gasteiger partial charge is 0.227 e. The van der Waals surface area contributed by atoms with Gasteiger partial charge in [0.05, 0.1) is 5.75 Å². The van der Waals surface area contributed by atoms with Crippen LogP contribution in [0.3, 0.4) is 0 Å². The fourth-order valence-electron chi connectivity index (χ4n) is 0.793. The first kappa shape index (κ1) is 9.77. The van der Waals surface area contributed by atoms with Crippen molar-refractivity contribution in [1.29, 1.82) is 0 Å². The van der Waals surface area contributed by atoms with Crippen molar-refractivity contribution in [3.05, 3.63) is 0 Å². The normalized spacial score (nSPS) is 20.3. The summed E-state index contributed by atoms with van der Waals surface area (Å²) in [4.78, 5) is 0. The van der Waals surface area contributed by atoms with Gasteiger partial charge >= 0.3 is 0 Å². The second kappa shape index (κ2) is 2.87. The lowest BCUT2D eigenvalue weighted by Crippen LogP contribution is -2.27. The Hall–Kier alpha value is 0.680. The van der Waals surface area contributed by atoms with Crippen LogP contribution in [0.4, 0.5) is 0 Å². The third-order valence-corrected chi connectivity index (χ3v) is 6.29. The van der Waals surface area contributed by atoms with Gasteiger partial charge < -0.3 is 0 Å². The van der Waals surface area contributed by atoms with E-state index in [9.17, 15) is 8.42 Å². The summed E-state index contributed by atoms with van der Waals surface area (Å²) in [5.41, 5.74) is 0. The Labute approximate surface area is 81.8 Å². The Balaban J connectivity index is 2.65. The van der Waals surface area contributed by atoms with Gasteiger partial charge in [0, 0.05) is 0 Å². The second-order valence-corrected chi connectivity index (χ2v) is 9.60. The summed E-state index contributed by atoms with van der Waals surface area (Å²) in [6.45, 7) is 3.51. The van der Waals surface area contributed by atoms with E-state index in [-0.39, 0.29) is 0 Å². The highest BCUT2D eigenvalue weighted by Crippen LogP contribution is 2.35. The molecule has 0 bridgehead atoms. The topological polar surface area (TPSA) is 34.1 Å². The monoisotopic (exact) mass is 288 g/mol. The van der Waals surface area contributed by atoms with Gasteiger partial charge in [-0.3, -0.25) is 0 Å². The van der Waals surface area contributed by atoms with Crippen molar-refractivity contribution < 1.29 is 8.42 Å². The van der Waals surface area contributed by atoms with E-state index in [0.717, 1.165) is 12.8 Å². The van der Waals surface area contributed by atoms with Crippen LogP contribution in [0.25, 0.3) is 0 Å². The van der Waals surface area contributed by atoms with Crippen molar-refractivity contribution >= 4 is 32.4 Å². The summed E-state index contributed by atoms with van der Waals surface area (Å²) in [6, 6.07) is 0. The van der Waals surface area contributed by atoms with Gasteiger partial charge in [0.15, 0.2) is 9.84 Å². The van der Waals surface area contributed by atoms with Crippen LogP contribution in [0.1, 0.15) is 26.7 Å². The smallest absolute Gasteiger partial charge is 0.164 e. The van der Waals surface area contributed by atoms with Gasteiger partial charge in [0.25, 0.3) is 0 Å². The SMILES string of the molecule is CC(C)(I)S(=O)(=O)CC1CC1. The van der Waals surface area contributed by atoms with E-state index in [1.165, 1.54) is 0 Å². The van der Waals surface area contributed by atoms with Crippen LogP contribution >= 0.6 is 22.6 Å². The van der Waals surface area contributed by atoms with Crippen LogP contribution in [0.5, 0.6) is 0 Å². The summed E-state index contributed by atoms with van der Waals surface area (Å²) in [7, 11) is -2.85. The molecule has 1 aliphatic carbocycles. The van der Waals surface area contributed by atoms with E-state index in [1.54, 1.807) is 13.8 Å². The minimum absolute atomic E-state index is 0.392. The molecule has 0 unspecified atom stereocenters. The summed E-state index contributed by atoms with van der Waals surface area (Å²) in [5, 5.41) is 0. The van der Waals surface area contributed by atoms with E-state index >= 15 is 0 Å². The summed E-state index contributed by atoms with van der Waals surface area (Å²) >= 11 is 1.99. The predicted molar refractivity (Wildman–Crippen MR) is 54.6 cm³/mol. The van der Waals surface area contributed by atoms with Crippen LogP contribution < -0.4 is 0 Å². The van der Waals surface area contributed by atoms with E-state index in [2.05, 4.69) is 0 Å². The van der Waals surface area contributed by atoms with Crippen molar-refractivity contribution in [2.75, 3.05) is 5.75 Å². The van der Waals surface area contributed by atoms with Crippen molar-refractivity contribution in [2.45, 2.75) is 29.4 Å². The molecule has 0 saturated heterocycles. The molecule has 0 aromatic heterocycles. The Morgan fingerprint density at radius 3 is 2.18 bits per heavy atom. The number of sulfone groups is 1. The summed E-state index contributed by atoms with van der Waals surface area (Å²) < 4.78 is 22.4. The van der Waals surface area contributed by atoms with E-state index in [0.29, 0.717) is 11.7 Å². The Bertz CT molecular complexity index is 234. The quantitative estimate of drug-likeness (QED) is 0.588. The molecule has 2 nitrogen and oxygen atoms in total. The number of hydrogen-bond acceptors (Lipinski definition) is 2. The van der Waals surface area contributed by atoms with Crippen LogP contribution in [-0.4, -0.2) is 16.9 Å². The zero-order valence-electron chi connectivity index (χ0n) is 6.80. The van der Waals surface area contributed by atoms with Crippen molar-refractivity contribution in [3.63, 3.8) is 0 Å². The maximum absolute atomic E-state index is 11.5. The lowest BCUT2D eigenvalue weighted by molar-refractivity contribution is 0.581. The Morgan fingerprint density at radius 2 is 1.91 bits per heavy atom. The first-order chi connectivity index (χ1) is 4.83. The van der Waals surface area contributed by atoms with Gasteiger partial charge in [-0.15, -0.1) is 0 Å². The molecule has 4 heteroatoms. The lowest BCUT2D eigenvalue weighted by Gasteiger charge is -2.16. The van der Waals surface area contributed by atoms with Gasteiger partial charge in [-0.1, -0.05) is 22.6 Å². The third-order valence-electron chi connectivity index (χ3n) is 1.89. The second-order valence-electron chi connectivity index (χ2n) is 3.59. The van der Waals surface area contributed by atoms with Crippen LogP contribution in [-0.2, 0) is 9.84 Å². The average Bonchev–Trinajstić information content (AvgIpc) is 2.45. The van der Waals surface area contributed by atoms with Gasteiger partial charge in [0.1, 0.15) is 2.75 Å².